The highest BCUT2D eigenvalue weighted by Crippen LogP contribution is 2.24. The maximum atomic E-state index is 13.0. The number of benzene rings is 1. The molecule has 0 saturated carbocycles. The molecule has 2 aromatic heterocycles. The third kappa shape index (κ3) is 3.21. The summed E-state index contributed by atoms with van der Waals surface area (Å²) in [4.78, 5) is 14.9. The van der Waals surface area contributed by atoms with Crippen LogP contribution in [-0.2, 0) is 24.3 Å². The zero-order valence-corrected chi connectivity index (χ0v) is 16.9. The lowest BCUT2D eigenvalue weighted by Crippen LogP contribution is -2.43. The van der Waals surface area contributed by atoms with Crippen LogP contribution in [0.1, 0.15) is 47.1 Å². The molecule has 3 heterocycles. The van der Waals surface area contributed by atoms with Crippen LogP contribution in [0, 0.1) is 20.8 Å². The van der Waals surface area contributed by atoms with Crippen LogP contribution < -0.4 is 0 Å². The number of hydrogen-bond donors (Lipinski definition) is 0. The van der Waals surface area contributed by atoms with Crippen molar-refractivity contribution in [3.05, 3.63) is 64.5 Å². The first kappa shape index (κ1) is 18.4. The van der Waals surface area contributed by atoms with Crippen molar-refractivity contribution in [1.29, 1.82) is 0 Å². The lowest BCUT2D eigenvalue weighted by Gasteiger charge is -2.32. The Bertz CT molecular complexity index is 1000. The molecule has 0 spiro atoms. The summed E-state index contributed by atoms with van der Waals surface area (Å²) in [6.45, 7) is 9.78. The maximum Gasteiger partial charge on any atom is 0.245 e. The fraction of sp³-hybridized carbons (Fsp3) is 0.429. The van der Waals surface area contributed by atoms with Crippen molar-refractivity contribution in [2.24, 2.45) is 0 Å². The van der Waals surface area contributed by atoms with Crippen LogP contribution in [0.15, 0.2) is 30.3 Å². The SMILES string of the molecule is Cc1nn(Cc2nnc3n2[C@H](C)C(=O)N(CCc2ccccc2)C3)c(C)c1C. The van der Waals surface area contributed by atoms with Crippen LogP contribution in [0.2, 0.25) is 0 Å². The molecule has 7 nitrogen and oxygen atoms in total. The smallest absolute Gasteiger partial charge is 0.245 e. The van der Waals surface area contributed by atoms with Crippen molar-refractivity contribution < 1.29 is 4.79 Å². The standard InChI is InChI=1S/C21H26N6O/c1-14-15(2)24-26(16(14)3)13-20-23-22-19-12-25(21(28)17(4)27(19)20)11-10-18-8-6-5-7-9-18/h5-9,17H,10-13H2,1-4H3/t17-/m1/s1. The van der Waals surface area contributed by atoms with E-state index in [1.807, 2.05) is 46.2 Å². The molecule has 0 unspecified atom stereocenters. The molecule has 0 aliphatic carbocycles. The van der Waals surface area contributed by atoms with Crippen LogP contribution in [0.25, 0.3) is 0 Å². The number of aromatic nitrogens is 5. The summed E-state index contributed by atoms with van der Waals surface area (Å²) in [7, 11) is 0. The second-order valence-corrected chi connectivity index (χ2v) is 7.53. The molecule has 1 aliphatic rings. The van der Waals surface area contributed by atoms with Crippen molar-refractivity contribution in [3.8, 4) is 0 Å². The van der Waals surface area contributed by atoms with E-state index in [1.165, 1.54) is 11.1 Å². The van der Waals surface area contributed by atoms with Crippen molar-refractivity contribution in [3.63, 3.8) is 0 Å². The number of aryl methyl sites for hydroxylation is 1. The summed E-state index contributed by atoms with van der Waals surface area (Å²) in [6.07, 6.45) is 0.839. The van der Waals surface area contributed by atoms with Gasteiger partial charge in [0, 0.05) is 12.2 Å². The molecule has 0 N–H and O–H groups in total. The molecule has 7 heteroatoms. The fourth-order valence-electron chi connectivity index (χ4n) is 3.82. The Morgan fingerprint density at radius 1 is 1.11 bits per heavy atom. The van der Waals surface area contributed by atoms with E-state index in [9.17, 15) is 4.79 Å². The van der Waals surface area contributed by atoms with Gasteiger partial charge in [0.05, 0.1) is 12.2 Å². The molecule has 0 bridgehead atoms. The third-order valence-electron chi connectivity index (χ3n) is 5.77. The van der Waals surface area contributed by atoms with Crippen molar-refractivity contribution in [2.45, 2.75) is 53.2 Å². The zero-order chi connectivity index (χ0) is 19.8. The number of nitrogens with zero attached hydrogens (tertiary/aromatic N) is 6. The number of hydrogen-bond acceptors (Lipinski definition) is 4. The topological polar surface area (TPSA) is 68.8 Å². The number of rotatable bonds is 5. The third-order valence-corrected chi connectivity index (χ3v) is 5.77. The second-order valence-electron chi connectivity index (χ2n) is 7.53. The molecule has 1 atom stereocenters. The second kappa shape index (κ2) is 7.22. The average molecular weight is 378 g/mol. The van der Waals surface area contributed by atoms with Gasteiger partial charge in [0.25, 0.3) is 0 Å². The van der Waals surface area contributed by atoms with E-state index in [2.05, 4.69) is 41.3 Å². The minimum atomic E-state index is -0.303. The summed E-state index contributed by atoms with van der Waals surface area (Å²) in [6, 6.07) is 9.94. The van der Waals surface area contributed by atoms with Crippen molar-refractivity contribution >= 4 is 5.91 Å². The summed E-state index contributed by atoms with van der Waals surface area (Å²) in [5.74, 6) is 1.74. The Labute approximate surface area is 165 Å². The van der Waals surface area contributed by atoms with Gasteiger partial charge >= 0.3 is 0 Å². The molecule has 1 aromatic carbocycles. The first-order valence-electron chi connectivity index (χ1n) is 9.71. The first-order chi connectivity index (χ1) is 13.5. The highest BCUT2D eigenvalue weighted by atomic mass is 16.2. The van der Waals surface area contributed by atoms with Crippen LogP contribution in [0.3, 0.4) is 0 Å². The lowest BCUT2D eigenvalue weighted by molar-refractivity contribution is -0.137. The van der Waals surface area contributed by atoms with E-state index in [1.54, 1.807) is 0 Å². The van der Waals surface area contributed by atoms with E-state index in [0.29, 0.717) is 19.6 Å². The minimum Gasteiger partial charge on any atom is -0.333 e. The van der Waals surface area contributed by atoms with E-state index in [0.717, 1.165) is 29.5 Å². The van der Waals surface area contributed by atoms with Crippen molar-refractivity contribution in [2.75, 3.05) is 6.54 Å². The van der Waals surface area contributed by atoms with Gasteiger partial charge in [-0.3, -0.25) is 14.0 Å². The van der Waals surface area contributed by atoms with Gasteiger partial charge in [0.15, 0.2) is 11.6 Å². The molecule has 0 radical (unpaired) electrons. The Morgan fingerprint density at radius 2 is 1.86 bits per heavy atom. The molecular formula is C21H26N6O. The number of carbonyl (C=O) groups is 1. The molecule has 3 aromatic rings. The minimum absolute atomic E-state index is 0.119. The van der Waals surface area contributed by atoms with Gasteiger partial charge in [-0.2, -0.15) is 5.10 Å². The van der Waals surface area contributed by atoms with Gasteiger partial charge < -0.3 is 4.90 Å². The van der Waals surface area contributed by atoms with Gasteiger partial charge in [0.1, 0.15) is 12.6 Å². The average Bonchev–Trinajstić information content (AvgIpc) is 3.21. The molecule has 28 heavy (non-hydrogen) atoms. The summed E-state index contributed by atoms with van der Waals surface area (Å²) in [5.41, 5.74) is 4.56. The maximum absolute atomic E-state index is 13.0. The predicted molar refractivity (Wildman–Crippen MR) is 106 cm³/mol. The van der Waals surface area contributed by atoms with Crippen LogP contribution >= 0.6 is 0 Å². The van der Waals surface area contributed by atoms with Gasteiger partial charge in [-0.1, -0.05) is 30.3 Å². The largest absolute Gasteiger partial charge is 0.333 e. The molecule has 1 amide bonds. The highest BCUT2D eigenvalue weighted by Gasteiger charge is 2.33. The van der Waals surface area contributed by atoms with Crippen molar-refractivity contribution in [1.82, 2.24) is 29.4 Å². The summed E-state index contributed by atoms with van der Waals surface area (Å²) < 4.78 is 3.92. The lowest BCUT2D eigenvalue weighted by atomic mass is 10.1. The Kier molecular flexibility index (Phi) is 4.75. The number of fused-ring (bicyclic) bond motifs is 1. The monoisotopic (exact) mass is 378 g/mol. The summed E-state index contributed by atoms with van der Waals surface area (Å²) in [5, 5.41) is 13.4. The molecule has 146 valence electrons. The van der Waals surface area contributed by atoms with E-state index >= 15 is 0 Å². The molecule has 0 fully saturated rings. The molecule has 0 saturated heterocycles. The Balaban J connectivity index is 1.53. The highest BCUT2D eigenvalue weighted by molar-refractivity contribution is 5.81. The Morgan fingerprint density at radius 3 is 2.54 bits per heavy atom. The van der Waals surface area contributed by atoms with E-state index in [4.69, 9.17) is 0 Å². The predicted octanol–water partition coefficient (Wildman–Crippen LogP) is 2.59. The van der Waals surface area contributed by atoms with Gasteiger partial charge in [-0.15, -0.1) is 10.2 Å². The Hall–Kier alpha value is -2.96. The fourth-order valence-corrected chi connectivity index (χ4v) is 3.82. The van der Waals surface area contributed by atoms with Gasteiger partial charge in [-0.25, -0.2) is 0 Å². The molecule has 1 aliphatic heterocycles. The molecule has 4 rings (SSSR count). The normalized spacial score (nSPS) is 16.5. The van der Waals surface area contributed by atoms with Crippen LogP contribution in [0.5, 0.6) is 0 Å². The van der Waals surface area contributed by atoms with E-state index in [-0.39, 0.29) is 11.9 Å². The van der Waals surface area contributed by atoms with E-state index < -0.39 is 0 Å². The van der Waals surface area contributed by atoms with Gasteiger partial charge in [-0.05, 0) is 45.2 Å². The number of carbonyl (C=O) groups excluding carboxylic acids is 1. The molecular weight excluding hydrogens is 352 g/mol. The number of amides is 1. The summed E-state index contributed by atoms with van der Waals surface area (Å²) >= 11 is 0. The first-order valence-corrected chi connectivity index (χ1v) is 9.71. The zero-order valence-electron chi connectivity index (χ0n) is 16.9. The van der Waals surface area contributed by atoms with Crippen LogP contribution in [-0.4, -0.2) is 41.9 Å². The van der Waals surface area contributed by atoms with Gasteiger partial charge in [0.2, 0.25) is 5.91 Å². The van der Waals surface area contributed by atoms with Crippen LogP contribution in [0.4, 0.5) is 0 Å². The quantitative estimate of drug-likeness (QED) is 0.684.